The van der Waals surface area contributed by atoms with Crippen molar-refractivity contribution in [2.45, 2.75) is 31.8 Å². The quantitative estimate of drug-likeness (QED) is 0.231. The van der Waals surface area contributed by atoms with E-state index in [-0.39, 0.29) is 28.3 Å². The van der Waals surface area contributed by atoms with Crippen LogP contribution in [-0.2, 0) is 18.0 Å². The number of hydrogen-bond acceptors (Lipinski definition) is 3. The van der Waals surface area contributed by atoms with Gasteiger partial charge in [-0.15, -0.1) is 0 Å². The fourth-order valence-electron chi connectivity index (χ4n) is 3.77. The molecule has 1 aromatic heterocycles. The summed E-state index contributed by atoms with van der Waals surface area (Å²) in [5.74, 6) is -0.0496. The average molecular weight is 505 g/mol. The lowest BCUT2D eigenvalue weighted by atomic mass is 10.0. The number of alkyl halides is 6. The van der Waals surface area contributed by atoms with Gasteiger partial charge in [-0.2, -0.15) is 26.3 Å². The molecule has 4 rings (SSSR count). The third-order valence-electron chi connectivity index (χ3n) is 5.64. The van der Waals surface area contributed by atoms with Gasteiger partial charge in [0.1, 0.15) is 11.4 Å². The molecular weight excluding hydrogens is 484 g/mol. The Balaban J connectivity index is 1.85. The maximum atomic E-state index is 13.7. The van der Waals surface area contributed by atoms with Crippen molar-refractivity contribution in [3.8, 4) is 28.2 Å². The lowest BCUT2D eigenvalue weighted by Gasteiger charge is -2.15. The number of anilines is 1. The van der Waals surface area contributed by atoms with E-state index in [0.717, 1.165) is 18.2 Å². The van der Waals surface area contributed by atoms with E-state index in [1.54, 1.807) is 0 Å². The van der Waals surface area contributed by atoms with Gasteiger partial charge >= 0.3 is 12.4 Å². The third kappa shape index (κ3) is 4.94. The number of nitrogen functional groups attached to an aromatic ring is 1. The molecule has 1 heterocycles. The van der Waals surface area contributed by atoms with Crippen LogP contribution in [0.25, 0.3) is 28.2 Å². The van der Waals surface area contributed by atoms with Crippen molar-refractivity contribution in [2.24, 2.45) is 0 Å². The summed E-state index contributed by atoms with van der Waals surface area (Å²) < 4.78 is 82.1. The average Bonchev–Trinajstić information content (AvgIpc) is 3.24. The van der Waals surface area contributed by atoms with E-state index in [1.165, 1.54) is 73.1 Å². The van der Waals surface area contributed by atoms with Crippen LogP contribution in [0.5, 0.6) is 0 Å². The SMILES string of the molecule is CC(C)(O)c1cn(-c2ccc(-c3cc(C(F)(F)F)ccc3N)cc2)c(-c2ccccc2C(F)(F)F)n1. The highest BCUT2D eigenvalue weighted by atomic mass is 19.4. The van der Waals surface area contributed by atoms with E-state index in [0.29, 0.717) is 11.3 Å². The normalized spacial score (nSPS) is 12.7. The second-order valence-corrected chi connectivity index (χ2v) is 8.77. The first-order valence-corrected chi connectivity index (χ1v) is 10.7. The molecule has 36 heavy (non-hydrogen) atoms. The predicted molar refractivity (Wildman–Crippen MR) is 124 cm³/mol. The van der Waals surface area contributed by atoms with Crippen molar-refractivity contribution < 1.29 is 31.4 Å². The van der Waals surface area contributed by atoms with Gasteiger partial charge in [-0.25, -0.2) is 4.98 Å². The van der Waals surface area contributed by atoms with Gasteiger partial charge in [-0.3, -0.25) is 4.57 Å². The van der Waals surface area contributed by atoms with Crippen molar-refractivity contribution in [2.75, 3.05) is 5.73 Å². The van der Waals surface area contributed by atoms with Gasteiger partial charge in [-0.1, -0.05) is 30.3 Å². The zero-order chi connectivity index (χ0) is 26.5. The Kier molecular flexibility index (Phi) is 6.12. The zero-order valence-corrected chi connectivity index (χ0v) is 19.1. The van der Waals surface area contributed by atoms with Crippen LogP contribution in [0.1, 0.15) is 30.7 Å². The molecule has 0 saturated carbocycles. The Morgan fingerprint density at radius 2 is 1.44 bits per heavy atom. The lowest BCUT2D eigenvalue weighted by molar-refractivity contribution is -0.138. The Bertz CT molecular complexity index is 1400. The number of aromatic nitrogens is 2. The van der Waals surface area contributed by atoms with Crippen molar-refractivity contribution in [3.05, 3.63) is 89.7 Å². The van der Waals surface area contributed by atoms with Gasteiger partial charge < -0.3 is 10.8 Å². The second kappa shape index (κ2) is 8.70. The first-order valence-electron chi connectivity index (χ1n) is 10.7. The highest BCUT2D eigenvalue weighted by Crippen LogP contribution is 2.39. The summed E-state index contributed by atoms with van der Waals surface area (Å²) in [7, 11) is 0. The smallest absolute Gasteiger partial charge is 0.398 e. The standard InChI is InChI=1S/C26H21F6N3O/c1-24(2,36)22-14-35(23(34-22)18-5-3-4-6-20(18)26(30,31)32)17-10-7-15(8-11-17)19-13-16(25(27,28)29)9-12-21(19)33/h3-14,36H,33H2,1-2H3. The summed E-state index contributed by atoms with van der Waals surface area (Å²) in [6.45, 7) is 2.91. The number of rotatable bonds is 4. The zero-order valence-electron chi connectivity index (χ0n) is 19.1. The Labute approximate surface area is 202 Å². The van der Waals surface area contributed by atoms with Crippen LogP contribution in [0.15, 0.2) is 72.9 Å². The number of hydrogen-bond donors (Lipinski definition) is 2. The van der Waals surface area contributed by atoms with E-state index in [1.807, 2.05) is 0 Å². The maximum absolute atomic E-state index is 13.7. The number of aliphatic hydroxyl groups is 1. The van der Waals surface area contributed by atoms with Gasteiger partial charge in [0.2, 0.25) is 0 Å². The number of nitrogens with zero attached hydrogens (tertiary/aromatic N) is 2. The van der Waals surface area contributed by atoms with Gasteiger partial charge in [0.05, 0.1) is 16.8 Å². The van der Waals surface area contributed by atoms with Crippen LogP contribution in [0.3, 0.4) is 0 Å². The summed E-state index contributed by atoms with van der Waals surface area (Å²) in [6, 6.07) is 14.1. The number of nitrogens with two attached hydrogens (primary N) is 1. The topological polar surface area (TPSA) is 64.1 Å². The molecule has 0 fully saturated rings. The lowest BCUT2D eigenvalue weighted by Crippen LogP contribution is -2.15. The molecule has 0 amide bonds. The minimum Gasteiger partial charge on any atom is -0.398 e. The highest BCUT2D eigenvalue weighted by molar-refractivity contribution is 5.77. The summed E-state index contributed by atoms with van der Waals surface area (Å²) in [4.78, 5) is 4.30. The molecule has 3 aromatic carbocycles. The van der Waals surface area contributed by atoms with Crippen LogP contribution < -0.4 is 5.73 Å². The van der Waals surface area contributed by atoms with E-state index in [4.69, 9.17) is 5.73 Å². The first kappa shape index (κ1) is 25.3. The molecule has 10 heteroatoms. The minimum absolute atomic E-state index is 0.0496. The van der Waals surface area contributed by atoms with Crippen LogP contribution in [0.2, 0.25) is 0 Å². The fourth-order valence-corrected chi connectivity index (χ4v) is 3.77. The molecule has 3 N–H and O–H groups in total. The first-order chi connectivity index (χ1) is 16.7. The predicted octanol–water partition coefficient (Wildman–Crippen LogP) is 7.05. The maximum Gasteiger partial charge on any atom is 0.417 e. The van der Waals surface area contributed by atoms with Gasteiger partial charge in [0.15, 0.2) is 0 Å². The van der Waals surface area contributed by atoms with Crippen molar-refractivity contribution >= 4 is 5.69 Å². The number of halogens is 6. The molecule has 0 aliphatic carbocycles. The van der Waals surface area contributed by atoms with E-state index >= 15 is 0 Å². The molecule has 4 nitrogen and oxygen atoms in total. The molecule has 0 unspecified atom stereocenters. The van der Waals surface area contributed by atoms with Crippen molar-refractivity contribution in [3.63, 3.8) is 0 Å². The molecule has 0 radical (unpaired) electrons. The van der Waals surface area contributed by atoms with Crippen LogP contribution in [-0.4, -0.2) is 14.7 Å². The monoisotopic (exact) mass is 505 g/mol. The number of benzene rings is 3. The molecular formula is C26H21F6N3O. The Morgan fingerprint density at radius 1 is 0.806 bits per heavy atom. The largest absolute Gasteiger partial charge is 0.417 e. The summed E-state index contributed by atoms with van der Waals surface area (Å²) in [5.41, 5.74) is 3.75. The van der Waals surface area contributed by atoms with E-state index in [9.17, 15) is 31.4 Å². The van der Waals surface area contributed by atoms with Crippen LogP contribution >= 0.6 is 0 Å². The van der Waals surface area contributed by atoms with Crippen molar-refractivity contribution in [1.29, 1.82) is 0 Å². The molecule has 0 aliphatic rings. The fraction of sp³-hybridized carbons (Fsp3) is 0.192. The van der Waals surface area contributed by atoms with Gasteiger partial charge in [-0.05, 0) is 55.8 Å². The summed E-state index contributed by atoms with van der Waals surface area (Å²) in [5, 5.41) is 10.5. The summed E-state index contributed by atoms with van der Waals surface area (Å²) in [6.07, 6.45) is -7.77. The minimum atomic E-state index is -4.65. The molecule has 0 saturated heterocycles. The molecule has 188 valence electrons. The molecule has 0 atom stereocenters. The second-order valence-electron chi connectivity index (χ2n) is 8.77. The molecule has 0 spiro atoms. The number of imidazole rings is 1. The van der Waals surface area contributed by atoms with Crippen LogP contribution in [0, 0.1) is 0 Å². The van der Waals surface area contributed by atoms with Gasteiger partial charge in [0.25, 0.3) is 0 Å². The molecule has 0 bridgehead atoms. The van der Waals surface area contributed by atoms with E-state index < -0.39 is 29.1 Å². The van der Waals surface area contributed by atoms with Crippen LogP contribution in [0.4, 0.5) is 32.0 Å². The Morgan fingerprint density at radius 3 is 2.03 bits per heavy atom. The summed E-state index contributed by atoms with van der Waals surface area (Å²) >= 11 is 0. The van der Waals surface area contributed by atoms with Crippen molar-refractivity contribution in [1.82, 2.24) is 9.55 Å². The van der Waals surface area contributed by atoms with Gasteiger partial charge in [0, 0.05) is 28.7 Å². The molecule has 4 aromatic rings. The third-order valence-corrected chi connectivity index (χ3v) is 5.64. The highest BCUT2D eigenvalue weighted by Gasteiger charge is 2.35. The Hall–Kier alpha value is -3.79. The van der Waals surface area contributed by atoms with E-state index in [2.05, 4.69) is 4.98 Å². The molecule has 0 aliphatic heterocycles.